The summed E-state index contributed by atoms with van der Waals surface area (Å²) in [6, 6.07) is 0.235. The molecule has 6 heteroatoms. The predicted octanol–water partition coefficient (Wildman–Crippen LogP) is 2.64. The molecule has 0 bridgehead atoms. The number of amides is 1. The molecule has 140 valence electrons. The van der Waals surface area contributed by atoms with Crippen LogP contribution >= 0.6 is 0 Å². The van der Waals surface area contributed by atoms with Gasteiger partial charge in [-0.25, -0.2) is 0 Å². The first kappa shape index (κ1) is 19.5. The fraction of sp³-hybridized carbons (Fsp3) is 0.737. The molecule has 1 saturated heterocycles. The number of piperidine rings is 1. The lowest BCUT2D eigenvalue weighted by molar-refractivity contribution is -0.153. The lowest BCUT2D eigenvalue weighted by Gasteiger charge is -2.33. The highest BCUT2D eigenvalue weighted by atomic mass is 16.5. The summed E-state index contributed by atoms with van der Waals surface area (Å²) >= 11 is 0. The minimum Gasteiger partial charge on any atom is -0.455 e. The molecule has 0 saturated carbocycles. The molecule has 0 spiro atoms. The van der Waals surface area contributed by atoms with E-state index in [1.165, 1.54) is 0 Å². The molecule has 1 aromatic heterocycles. The number of hydrogen-bond donors (Lipinski definition) is 0. The van der Waals surface area contributed by atoms with Crippen LogP contribution in [-0.4, -0.2) is 45.8 Å². The summed E-state index contributed by atoms with van der Waals surface area (Å²) in [5.74, 6) is 0.0276. The summed E-state index contributed by atoms with van der Waals surface area (Å²) in [6.45, 7) is 11.6. The Labute approximate surface area is 150 Å². The normalized spacial score (nSPS) is 17.8. The quantitative estimate of drug-likeness (QED) is 0.741. The SMILES string of the molecule is Cc1nn(CC(C)C)c(C)c1CC(=O)OCC(=O)N1CCCCC1C. The van der Waals surface area contributed by atoms with E-state index in [4.69, 9.17) is 4.74 Å². The van der Waals surface area contributed by atoms with Crippen molar-refractivity contribution in [3.63, 3.8) is 0 Å². The zero-order valence-corrected chi connectivity index (χ0v) is 16.2. The van der Waals surface area contributed by atoms with Gasteiger partial charge >= 0.3 is 5.97 Å². The molecule has 6 nitrogen and oxygen atoms in total. The van der Waals surface area contributed by atoms with Crippen molar-refractivity contribution in [2.24, 2.45) is 5.92 Å². The average molecular weight is 349 g/mol. The summed E-state index contributed by atoms with van der Waals surface area (Å²) in [5, 5.41) is 4.52. The van der Waals surface area contributed by atoms with Crippen LogP contribution in [0, 0.1) is 19.8 Å². The van der Waals surface area contributed by atoms with Crippen molar-refractivity contribution in [3.8, 4) is 0 Å². The van der Waals surface area contributed by atoms with Crippen molar-refractivity contribution in [2.75, 3.05) is 13.2 Å². The Bertz CT molecular complexity index is 622. The Morgan fingerprint density at radius 1 is 1.28 bits per heavy atom. The molecule has 1 fully saturated rings. The third-order valence-electron chi connectivity index (χ3n) is 4.87. The van der Waals surface area contributed by atoms with Crippen molar-refractivity contribution < 1.29 is 14.3 Å². The Morgan fingerprint density at radius 3 is 2.64 bits per heavy atom. The number of aromatic nitrogens is 2. The molecule has 0 aromatic carbocycles. The number of carbonyl (C=O) groups is 2. The minimum atomic E-state index is -0.367. The molecule has 0 aliphatic carbocycles. The molecule has 2 heterocycles. The number of hydrogen-bond acceptors (Lipinski definition) is 4. The fourth-order valence-electron chi connectivity index (χ4n) is 3.40. The van der Waals surface area contributed by atoms with Gasteiger partial charge < -0.3 is 9.64 Å². The summed E-state index contributed by atoms with van der Waals surface area (Å²) in [6.07, 6.45) is 3.37. The van der Waals surface area contributed by atoms with Gasteiger partial charge in [-0.1, -0.05) is 13.8 Å². The van der Waals surface area contributed by atoms with Gasteiger partial charge in [0, 0.05) is 30.4 Å². The van der Waals surface area contributed by atoms with E-state index in [9.17, 15) is 9.59 Å². The van der Waals surface area contributed by atoms with Crippen molar-refractivity contribution in [3.05, 3.63) is 17.0 Å². The van der Waals surface area contributed by atoms with Crippen LogP contribution in [0.15, 0.2) is 0 Å². The summed E-state index contributed by atoms with van der Waals surface area (Å²) in [5.41, 5.74) is 2.76. The van der Waals surface area contributed by atoms with E-state index < -0.39 is 0 Å². The van der Waals surface area contributed by atoms with Crippen LogP contribution in [0.1, 0.15) is 57.0 Å². The molecule has 0 radical (unpaired) electrons. The molecule has 1 amide bonds. The Kier molecular flexibility index (Phi) is 6.62. The van der Waals surface area contributed by atoms with E-state index in [1.54, 1.807) is 0 Å². The highest BCUT2D eigenvalue weighted by Gasteiger charge is 2.24. The van der Waals surface area contributed by atoms with E-state index in [0.717, 1.165) is 49.3 Å². The third kappa shape index (κ3) is 5.06. The molecule has 1 aromatic rings. The molecule has 1 unspecified atom stereocenters. The molecule has 1 aliphatic heterocycles. The van der Waals surface area contributed by atoms with Crippen LogP contribution in [0.25, 0.3) is 0 Å². The van der Waals surface area contributed by atoms with Crippen LogP contribution in [0.3, 0.4) is 0 Å². The number of likely N-dealkylation sites (tertiary alicyclic amines) is 1. The lowest BCUT2D eigenvalue weighted by Crippen LogP contribution is -2.44. The van der Waals surface area contributed by atoms with Gasteiger partial charge in [0.1, 0.15) is 0 Å². The number of rotatable bonds is 6. The van der Waals surface area contributed by atoms with Gasteiger partial charge in [0.25, 0.3) is 5.91 Å². The van der Waals surface area contributed by atoms with Gasteiger partial charge in [-0.3, -0.25) is 14.3 Å². The predicted molar refractivity (Wildman–Crippen MR) is 96.2 cm³/mol. The second kappa shape index (κ2) is 8.50. The van der Waals surface area contributed by atoms with Gasteiger partial charge in [0.15, 0.2) is 6.61 Å². The maximum absolute atomic E-state index is 12.3. The summed E-state index contributed by atoms with van der Waals surface area (Å²) in [7, 11) is 0. The highest BCUT2D eigenvalue weighted by Crippen LogP contribution is 2.17. The van der Waals surface area contributed by atoms with Crippen LogP contribution < -0.4 is 0 Å². The van der Waals surface area contributed by atoms with Crippen molar-refractivity contribution in [1.82, 2.24) is 14.7 Å². The maximum atomic E-state index is 12.3. The monoisotopic (exact) mass is 349 g/mol. The molecule has 25 heavy (non-hydrogen) atoms. The number of aryl methyl sites for hydroxylation is 1. The zero-order chi connectivity index (χ0) is 18.6. The van der Waals surface area contributed by atoms with Crippen molar-refractivity contribution in [2.45, 2.75) is 72.9 Å². The van der Waals surface area contributed by atoms with Crippen LogP contribution in [0.5, 0.6) is 0 Å². The van der Waals surface area contributed by atoms with Gasteiger partial charge in [-0.05, 0) is 46.0 Å². The second-order valence-corrected chi connectivity index (χ2v) is 7.49. The van der Waals surface area contributed by atoms with Crippen molar-refractivity contribution in [1.29, 1.82) is 0 Å². The van der Waals surface area contributed by atoms with Crippen LogP contribution in [0.4, 0.5) is 0 Å². The van der Waals surface area contributed by atoms with E-state index in [-0.39, 0.29) is 30.9 Å². The molecule has 1 aliphatic rings. The van der Waals surface area contributed by atoms with Crippen molar-refractivity contribution >= 4 is 11.9 Å². The number of ether oxygens (including phenoxy) is 1. The number of carbonyl (C=O) groups excluding carboxylic acids is 2. The number of nitrogens with zero attached hydrogens (tertiary/aromatic N) is 3. The molecular weight excluding hydrogens is 318 g/mol. The number of esters is 1. The van der Waals surface area contributed by atoms with Crippen LogP contribution in [0.2, 0.25) is 0 Å². The standard InChI is InChI=1S/C19H31N3O3/c1-13(2)11-22-16(5)17(15(4)20-22)10-19(24)25-12-18(23)21-9-7-6-8-14(21)3/h13-14H,6-12H2,1-5H3. The first-order valence-electron chi connectivity index (χ1n) is 9.27. The van der Waals surface area contributed by atoms with Gasteiger partial charge in [0.2, 0.25) is 0 Å². The Morgan fingerprint density at radius 2 is 2.00 bits per heavy atom. The molecule has 1 atom stereocenters. The average Bonchev–Trinajstić information content (AvgIpc) is 2.80. The second-order valence-electron chi connectivity index (χ2n) is 7.49. The van der Waals surface area contributed by atoms with E-state index >= 15 is 0 Å². The van der Waals surface area contributed by atoms with Gasteiger partial charge in [-0.15, -0.1) is 0 Å². The molecular formula is C19H31N3O3. The Balaban J connectivity index is 1.90. The summed E-state index contributed by atoms with van der Waals surface area (Å²) in [4.78, 5) is 26.3. The maximum Gasteiger partial charge on any atom is 0.310 e. The molecule has 2 rings (SSSR count). The van der Waals surface area contributed by atoms with Crippen LogP contribution in [-0.2, 0) is 27.3 Å². The first-order valence-corrected chi connectivity index (χ1v) is 9.27. The summed E-state index contributed by atoms with van der Waals surface area (Å²) < 4.78 is 7.19. The first-order chi connectivity index (χ1) is 11.8. The van der Waals surface area contributed by atoms with Gasteiger partial charge in [0.05, 0.1) is 12.1 Å². The third-order valence-corrected chi connectivity index (χ3v) is 4.87. The highest BCUT2D eigenvalue weighted by molar-refractivity contribution is 5.81. The van der Waals surface area contributed by atoms with E-state index in [2.05, 4.69) is 25.9 Å². The van der Waals surface area contributed by atoms with Gasteiger partial charge in [-0.2, -0.15) is 5.10 Å². The fourth-order valence-corrected chi connectivity index (χ4v) is 3.40. The minimum absolute atomic E-state index is 0.0931. The topological polar surface area (TPSA) is 64.4 Å². The lowest BCUT2D eigenvalue weighted by atomic mass is 10.0. The Hall–Kier alpha value is -1.85. The smallest absolute Gasteiger partial charge is 0.310 e. The largest absolute Gasteiger partial charge is 0.455 e. The zero-order valence-electron chi connectivity index (χ0n) is 16.2. The van der Waals surface area contributed by atoms with E-state index in [0.29, 0.717) is 5.92 Å². The molecule has 0 N–H and O–H groups in total. The van der Waals surface area contributed by atoms with E-state index in [1.807, 2.05) is 23.4 Å².